The van der Waals surface area contributed by atoms with Gasteiger partial charge < -0.3 is 5.32 Å². The number of imidazole rings is 1. The number of halogens is 2. The van der Waals surface area contributed by atoms with Crippen molar-refractivity contribution >= 4 is 39.5 Å². The largest absolute Gasteiger partial charge is 0.311 e. The van der Waals surface area contributed by atoms with Crippen molar-refractivity contribution in [2.75, 3.05) is 6.54 Å². The van der Waals surface area contributed by atoms with E-state index in [4.69, 9.17) is 23.2 Å². The fraction of sp³-hybridized carbons (Fsp3) is 0.312. The Hall–Kier alpha value is -1.07. The van der Waals surface area contributed by atoms with Crippen molar-refractivity contribution in [1.29, 1.82) is 0 Å². The summed E-state index contributed by atoms with van der Waals surface area (Å²) in [5.41, 5.74) is 3.62. The molecule has 0 saturated carbocycles. The van der Waals surface area contributed by atoms with Gasteiger partial charge in [-0.1, -0.05) is 36.2 Å². The summed E-state index contributed by atoms with van der Waals surface area (Å²) in [5.74, 6) is 0. The normalized spacial score (nSPS) is 11.4. The number of aromatic nitrogens is 2. The summed E-state index contributed by atoms with van der Waals surface area (Å²) in [4.78, 5) is 5.73. The van der Waals surface area contributed by atoms with E-state index in [0.29, 0.717) is 10.0 Å². The molecule has 0 unspecified atom stereocenters. The van der Waals surface area contributed by atoms with Gasteiger partial charge in [-0.25, -0.2) is 4.98 Å². The molecule has 0 aliphatic heterocycles. The van der Waals surface area contributed by atoms with Crippen molar-refractivity contribution < 1.29 is 0 Å². The minimum atomic E-state index is 0.602. The molecule has 6 heteroatoms. The number of aryl methyl sites for hydroxylation is 1. The molecule has 1 aromatic carbocycles. The summed E-state index contributed by atoms with van der Waals surface area (Å²) in [6.07, 6.45) is 3.96. The molecule has 116 valence electrons. The number of benzene rings is 1. The highest BCUT2D eigenvalue weighted by atomic mass is 35.5. The zero-order valence-electron chi connectivity index (χ0n) is 12.3. The lowest BCUT2D eigenvalue weighted by molar-refractivity contribution is 0.666. The Morgan fingerprint density at radius 3 is 2.91 bits per heavy atom. The van der Waals surface area contributed by atoms with Crippen molar-refractivity contribution in [3.63, 3.8) is 0 Å². The van der Waals surface area contributed by atoms with Gasteiger partial charge in [0.2, 0.25) is 0 Å². The number of hydrogen-bond acceptors (Lipinski definition) is 3. The minimum Gasteiger partial charge on any atom is -0.311 e. The quantitative estimate of drug-likeness (QED) is 0.656. The van der Waals surface area contributed by atoms with E-state index in [2.05, 4.69) is 33.2 Å². The SMILES string of the molecule is CCc1nc2sccn2c1CNCCc1ccc(Cl)c(Cl)c1. The van der Waals surface area contributed by atoms with Gasteiger partial charge in [0.05, 0.1) is 21.4 Å². The van der Waals surface area contributed by atoms with Gasteiger partial charge in [0.25, 0.3) is 0 Å². The predicted molar refractivity (Wildman–Crippen MR) is 94.3 cm³/mol. The van der Waals surface area contributed by atoms with Crippen LogP contribution in [0.4, 0.5) is 0 Å². The lowest BCUT2D eigenvalue weighted by atomic mass is 10.1. The fourth-order valence-electron chi connectivity index (χ4n) is 2.48. The average molecular weight is 354 g/mol. The highest BCUT2D eigenvalue weighted by Crippen LogP contribution is 2.22. The number of thiazole rings is 1. The van der Waals surface area contributed by atoms with Crippen molar-refractivity contribution in [3.8, 4) is 0 Å². The molecule has 0 atom stereocenters. The van der Waals surface area contributed by atoms with E-state index >= 15 is 0 Å². The van der Waals surface area contributed by atoms with Gasteiger partial charge in [-0.2, -0.15) is 0 Å². The third kappa shape index (κ3) is 3.30. The standard InChI is InChI=1S/C16H17Cl2N3S/c1-2-14-15(21-7-8-22-16(21)20-14)10-19-6-5-11-3-4-12(17)13(18)9-11/h3-4,7-9,19H,2,5-6,10H2,1H3. The average Bonchev–Trinajstić information content (AvgIpc) is 3.08. The molecule has 2 heterocycles. The molecule has 3 rings (SSSR count). The maximum atomic E-state index is 6.04. The summed E-state index contributed by atoms with van der Waals surface area (Å²) in [6.45, 7) is 3.85. The van der Waals surface area contributed by atoms with Crippen LogP contribution in [0.15, 0.2) is 29.8 Å². The molecular formula is C16H17Cl2N3S. The van der Waals surface area contributed by atoms with E-state index in [1.807, 2.05) is 18.2 Å². The first-order chi connectivity index (χ1) is 10.7. The first-order valence-electron chi connectivity index (χ1n) is 7.27. The second kappa shape index (κ2) is 7.01. The highest BCUT2D eigenvalue weighted by Gasteiger charge is 2.10. The third-order valence-electron chi connectivity index (χ3n) is 3.65. The second-order valence-electron chi connectivity index (χ2n) is 5.09. The Morgan fingerprint density at radius 2 is 2.14 bits per heavy atom. The Balaban J connectivity index is 1.60. The van der Waals surface area contributed by atoms with E-state index in [-0.39, 0.29) is 0 Å². The summed E-state index contributed by atoms with van der Waals surface area (Å²) >= 11 is 13.6. The van der Waals surface area contributed by atoms with Gasteiger partial charge >= 0.3 is 0 Å². The topological polar surface area (TPSA) is 29.3 Å². The maximum Gasteiger partial charge on any atom is 0.194 e. The molecule has 0 fully saturated rings. The molecule has 3 nitrogen and oxygen atoms in total. The van der Waals surface area contributed by atoms with E-state index in [9.17, 15) is 0 Å². The smallest absolute Gasteiger partial charge is 0.194 e. The number of hydrogen-bond donors (Lipinski definition) is 1. The number of nitrogens with one attached hydrogen (secondary N) is 1. The van der Waals surface area contributed by atoms with Crippen LogP contribution in [-0.2, 0) is 19.4 Å². The molecule has 0 amide bonds. The van der Waals surface area contributed by atoms with Gasteiger partial charge in [0.15, 0.2) is 4.96 Å². The van der Waals surface area contributed by atoms with E-state index in [1.54, 1.807) is 11.3 Å². The molecule has 0 saturated heterocycles. The maximum absolute atomic E-state index is 6.04. The Labute approximate surface area is 143 Å². The van der Waals surface area contributed by atoms with E-state index < -0.39 is 0 Å². The molecule has 0 spiro atoms. The van der Waals surface area contributed by atoms with Crippen LogP contribution in [0.25, 0.3) is 4.96 Å². The zero-order chi connectivity index (χ0) is 15.5. The van der Waals surface area contributed by atoms with Crippen LogP contribution < -0.4 is 5.32 Å². The van der Waals surface area contributed by atoms with E-state index in [1.165, 1.54) is 17.0 Å². The summed E-state index contributed by atoms with van der Waals surface area (Å²) in [6, 6.07) is 5.79. The molecular weight excluding hydrogens is 337 g/mol. The number of rotatable bonds is 6. The van der Waals surface area contributed by atoms with Crippen molar-refractivity contribution in [2.24, 2.45) is 0 Å². The van der Waals surface area contributed by atoms with Crippen molar-refractivity contribution in [1.82, 2.24) is 14.7 Å². The lowest BCUT2D eigenvalue weighted by Gasteiger charge is -2.07. The number of nitrogens with zero attached hydrogens (tertiary/aromatic N) is 2. The monoisotopic (exact) mass is 353 g/mol. The molecule has 2 aromatic heterocycles. The van der Waals surface area contributed by atoms with Crippen LogP contribution in [0.1, 0.15) is 23.9 Å². The Morgan fingerprint density at radius 1 is 1.27 bits per heavy atom. The van der Waals surface area contributed by atoms with Gasteiger partial charge in [-0.3, -0.25) is 4.40 Å². The van der Waals surface area contributed by atoms with Crippen LogP contribution in [-0.4, -0.2) is 15.9 Å². The lowest BCUT2D eigenvalue weighted by Crippen LogP contribution is -2.18. The molecule has 0 radical (unpaired) electrons. The van der Waals surface area contributed by atoms with Crippen LogP contribution in [0.3, 0.4) is 0 Å². The summed E-state index contributed by atoms with van der Waals surface area (Å²) in [5, 5.41) is 6.78. The second-order valence-corrected chi connectivity index (χ2v) is 6.78. The van der Waals surface area contributed by atoms with Crippen LogP contribution in [0.2, 0.25) is 10.0 Å². The zero-order valence-corrected chi connectivity index (χ0v) is 14.6. The first kappa shape index (κ1) is 15.8. The van der Waals surface area contributed by atoms with Crippen molar-refractivity contribution in [3.05, 3.63) is 56.8 Å². The van der Waals surface area contributed by atoms with Crippen LogP contribution >= 0.6 is 34.5 Å². The first-order valence-corrected chi connectivity index (χ1v) is 8.90. The molecule has 0 aliphatic carbocycles. The summed E-state index contributed by atoms with van der Waals surface area (Å²) < 4.78 is 2.18. The van der Waals surface area contributed by atoms with E-state index in [0.717, 1.165) is 30.9 Å². The Kier molecular flexibility index (Phi) is 5.03. The predicted octanol–water partition coefficient (Wildman–Crippen LogP) is 4.60. The van der Waals surface area contributed by atoms with Crippen LogP contribution in [0.5, 0.6) is 0 Å². The summed E-state index contributed by atoms with van der Waals surface area (Å²) in [7, 11) is 0. The molecule has 3 aromatic rings. The van der Waals surface area contributed by atoms with Crippen molar-refractivity contribution in [2.45, 2.75) is 26.3 Å². The fourth-order valence-corrected chi connectivity index (χ4v) is 3.55. The van der Waals surface area contributed by atoms with Gasteiger partial charge in [-0.15, -0.1) is 11.3 Å². The minimum absolute atomic E-state index is 0.602. The van der Waals surface area contributed by atoms with Crippen LogP contribution in [0, 0.1) is 0 Å². The van der Waals surface area contributed by atoms with Gasteiger partial charge in [0.1, 0.15) is 0 Å². The highest BCUT2D eigenvalue weighted by molar-refractivity contribution is 7.15. The van der Waals surface area contributed by atoms with Gasteiger partial charge in [0, 0.05) is 18.1 Å². The number of fused-ring (bicyclic) bond motifs is 1. The Bertz CT molecular complexity index is 779. The molecule has 0 aliphatic rings. The molecule has 0 bridgehead atoms. The molecule has 22 heavy (non-hydrogen) atoms. The third-order valence-corrected chi connectivity index (χ3v) is 5.14. The van der Waals surface area contributed by atoms with Gasteiger partial charge in [-0.05, 0) is 37.1 Å². The molecule has 1 N–H and O–H groups in total.